The molecule has 1 aliphatic rings. The molecule has 2 aromatic carbocycles. The van der Waals surface area contributed by atoms with Gasteiger partial charge in [0.25, 0.3) is 0 Å². The molecule has 0 saturated carbocycles. The fourth-order valence-electron chi connectivity index (χ4n) is 4.48. The van der Waals surface area contributed by atoms with Gasteiger partial charge in [-0.2, -0.15) is 0 Å². The largest absolute Gasteiger partial charge is 0.370 e. The molecule has 3 amide bonds. The average Bonchev–Trinajstić information content (AvgIpc) is 2.77. The zero-order valence-corrected chi connectivity index (χ0v) is 18.3. The summed E-state index contributed by atoms with van der Waals surface area (Å²) in [6.45, 7) is 0.960. The minimum absolute atomic E-state index is 0.0308. The Bertz CT molecular complexity index is 942. The fraction of sp³-hybridized carbons (Fsp3) is 0.400. The Balaban J connectivity index is 1.87. The monoisotopic (exact) mass is 421 g/mol. The summed E-state index contributed by atoms with van der Waals surface area (Å²) in [6, 6.07) is 18.4. The van der Waals surface area contributed by atoms with Crippen molar-refractivity contribution in [2.75, 3.05) is 27.2 Å². The van der Waals surface area contributed by atoms with Crippen LogP contribution in [0.15, 0.2) is 54.6 Å². The van der Waals surface area contributed by atoms with Gasteiger partial charge in [-0.3, -0.25) is 14.4 Å². The molecule has 0 bridgehead atoms. The van der Waals surface area contributed by atoms with Crippen molar-refractivity contribution in [1.82, 2.24) is 9.80 Å². The first-order valence-electron chi connectivity index (χ1n) is 10.7. The Morgan fingerprint density at radius 3 is 2.39 bits per heavy atom. The van der Waals surface area contributed by atoms with Crippen LogP contribution in [0.1, 0.15) is 31.2 Å². The van der Waals surface area contributed by atoms with E-state index in [0.717, 1.165) is 29.5 Å². The maximum atomic E-state index is 13.3. The summed E-state index contributed by atoms with van der Waals surface area (Å²) < 4.78 is 0. The molecule has 1 fully saturated rings. The molecule has 2 N–H and O–H groups in total. The summed E-state index contributed by atoms with van der Waals surface area (Å²) in [4.78, 5) is 40.4. The molecular weight excluding hydrogens is 390 g/mol. The maximum absolute atomic E-state index is 13.3. The van der Waals surface area contributed by atoms with Crippen LogP contribution in [0.3, 0.4) is 0 Å². The molecule has 1 saturated heterocycles. The topological polar surface area (TPSA) is 83.7 Å². The van der Waals surface area contributed by atoms with Crippen LogP contribution in [0.5, 0.6) is 0 Å². The third-order valence-corrected chi connectivity index (χ3v) is 5.95. The minimum atomic E-state index is -0.681. The van der Waals surface area contributed by atoms with Crippen molar-refractivity contribution < 1.29 is 14.4 Å². The van der Waals surface area contributed by atoms with Crippen molar-refractivity contribution >= 4 is 17.7 Å². The summed E-state index contributed by atoms with van der Waals surface area (Å²) in [5.74, 6) is -0.573. The fourth-order valence-corrected chi connectivity index (χ4v) is 4.48. The summed E-state index contributed by atoms with van der Waals surface area (Å²) in [7, 11) is 3.52. The molecule has 0 aromatic heterocycles. The highest BCUT2D eigenvalue weighted by Gasteiger charge is 2.44. The number of carbonyl (C=O) groups is 3. The number of nitrogens with zero attached hydrogens (tertiary/aromatic N) is 2. The van der Waals surface area contributed by atoms with Crippen LogP contribution in [-0.2, 0) is 20.8 Å². The molecule has 1 aliphatic heterocycles. The molecule has 0 spiro atoms. The van der Waals surface area contributed by atoms with Crippen molar-refractivity contribution in [3.05, 3.63) is 60.2 Å². The highest BCUT2D eigenvalue weighted by atomic mass is 16.2. The van der Waals surface area contributed by atoms with Crippen LogP contribution in [0.4, 0.5) is 0 Å². The van der Waals surface area contributed by atoms with Crippen LogP contribution in [0.2, 0.25) is 0 Å². The smallest absolute Gasteiger partial charge is 0.230 e. The van der Waals surface area contributed by atoms with E-state index in [-0.39, 0.29) is 24.7 Å². The van der Waals surface area contributed by atoms with Crippen LogP contribution >= 0.6 is 0 Å². The van der Waals surface area contributed by atoms with Gasteiger partial charge in [0.1, 0.15) is 0 Å². The Labute approximate surface area is 184 Å². The first-order valence-corrected chi connectivity index (χ1v) is 10.7. The standard InChI is InChI=1S/C25H31N3O3/c1-27(2)24(31)25(14-7-15-28(18-25)23(30)13-12-22(26)29)17-19-8-6-11-21(16-19)20-9-4-3-5-10-20/h3-6,8-11,16H,7,12-15,17-18H2,1-2H3,(H2,26,29)/t25-/m1/s1. The van der Waals surface area contributed by atoms with Gasteiger partial charge in [0.15, 0.2) is 0 Å². The van der Waals surface area contributed by atoms with E-state index in [1.54, 1.807) is 23.9 Å². The molecule has 0 unspecified atom stereocenters. The molecule has 164 valence electrons. The molecule has 1 atom stereocenters. The maximum Gasteiger partial charge on any atom is 0.230 e. The number of primary amides is 1. The highest BCUT2D eigenvalue weighted by molar-refractivity contribution is 5.86. The third kappa shape index (κ3) is 5.51. The second-order valence-electron chi connectivity index (χ2n) is 8.61. The number of piperidine rings is 1. The Morgan fingerprint density at radius 2 is 1.71 bits per heavy atom. The molecule has 0 aliphatic carbocycles. The predicted molar refractivity (Wildman–Crippen MR) is 121 cm³/mol. The number of hydrogen-bond acceptors (Lipinski definition) is 3. The summed E-state index contributed by atoms with van der Waals surface area (Å²) >= 11 is 0. The zero-order chi connectivity index (χ0) is 22.4. The lowest BCUT2D eigenvalue weighted by molar-refractivity contribution is -0.147. The molecule has 31 heavy (non-hydrogen) atoms. The number of likely N-dealkylation sites (tertiary alicyclic amines) is 1. The number of hydrogen-bond donors (Lipinski definition) is 1. The van der Waals surface area contributed by atoms with Crippen molar-refractivity contribution in [3.63, 3.8) is 0 Å². The van der Waals surface area contributed by atoms with Crippen molar-refractivity contribution in [2.45, 2.75) is 32.1 Å². The number of carbonyl (C=O) groups excluding carboxylic acids is 3. The zero-order valence-electron chi connectivity index (χ0n) is 18.3. The lowest BCUT2D eigenvalue weighted by Gasteiger charge is -2.43. The van der Waals surface area contributed by atoms with E-state index in [0.29, 0.717) is 19.5 Å². The van der Waals surface area contributed by atoms with Gasteiger partial charge in [0, 0.05) is 40.0 Å². The number of benzene rings is 2. The molecule has 6 heteroatoms. The van der Waals surface area contributed by atoms with E-state index in [9.17, 15) is 14.4 Å². The van der Waals surface area contributed by atoms with E-state index >= 15 is 0 Å². The van der Waals surface area contributed by atoms with Gasteiger partial charge in [-0.1, -0.05) is 54.6 Å². The average molecular weight is 422 g/mol. The summed E-state index contributed by atoms with van der Waals surface area (Å²) in [6.07, 6.45) is 2.15. The Hall–Kier alpha value is -3.15. The van der Waals surface area contributed by atoms with E-state index in [2.05, 4.69) is 24.3 Å². The quantitative estimate of drug-likeness (QED) is 0.746. The van der Waals surface area contributed by atoms with Crippen LogP contribution < -0.4 is 5.73 Å². The van der Waals surface area contributed by atoms with Gasteiger partial charge in [-0.15, -0.1) is 0 Å². The Morgan fingerprint density at radius 1 is 1.00 bits per heavy atom. The van der Waals surface area contributed by atoms with Gasteiger partial charge in [0.2, 0.25) is 17.7 Å². The van der Waals surface area contributed by atoms with E-state index in [1.807, 2.05) is 30.3 Å². The molecule has 2 aromatic rings. The highest BCUT2D eigenvalue weighted by Crippen LogP contribution is 2.36. The number of nitrogens with two attached hydrogens (primary N) is 1. The molecule has 0 radical (unpaired) electrons. The molecular formula is C25H31N3O3. The van der Waals surface area contributed by atoms with Gasteiger partial charge >= 0.3 is 0 Å². The summed E-state index contributed by atoms with van der Waals surface area (Å²) in [5.41, 5.74) is 7.83. The van der Waals surface area contributed by atoms with Crippen molar-refractivity contribution in [1.29, 1.82) is 0 Å². The van der Waals surface area contributed by atoms with Gasteiger partial charge < -0.3 is 15.5 Å². The van der Waals surface area contributed by atoms with E-state index < -0.39 is 11.3 Å². The van der Waals surface area contributed by atoms with Crippen LogP contribution in [0.25, 0.3) is 11.1 Å². The number of rotatable bonds is 7. The van der Waals surface area contributed by atoms with Crippen LogP contribution in [0, 0.1) is 5.41 Å². The normalized spacial score (nSPS) is 18.5. The van der Waals surface area contributed by atoms with Crippen molar-refractivity contribution in [2.24, 2.45) is 11.1 Å². The van der Waals surface area contributed by atoms with Crippen molar-refractivity contribution in [3.8, 4) is 11.1 Å². The molecule has 1 heterocycles. The predicted octanol–water partition coefficient (Wildman–Crippen LogP) is 2.86. The second-order valence-corrected chi connectivity index (χ2v) is 8.61. The van der Waals surface area contributed by atoms with Gasteiger partial charge in [-0.05, 0) is 36.0 Å². The van der Waals surface area contributed by atoms with Crippen LogP contribution in [-0.4, -0.2) is 54.7 Å². The second kappa shape index (κ2) is 9.77. The minimum Gasteiger partial charge on any atom is -0.370 e. The summed E-state index contributed by atoms with van der Waals surface area (Å²) in [5, 5.41) is 0. The first kappa shape index (κ1) is 22.5. The van der Waals surface area contributed by atoms with E-state index in [4.69, 9.17) is 5.73 Å². The lowest BCUT2D eigenvalue weighted by Crippen LogP contribution is -2.54. The molecule has 3 rings (SSSR count). The molecule has 6 nitrogen and oxygen atoms in total. The third-order valence-electron chi connectivity index (χ3n) is 5.95. The lowest BCUT2D eigenvalue weighted by atomic mass is 9.73. The van der Waals surface area contributed by atoms with Gasteiger partial charge in [-0.25, -0.2) is 0 Å². The SMILES string of the molecule is CN(C)C(=O)[C@@]1(Cc2cccc(-c3ccccc3)c2)CCCN(C(=O)CCC(N)=O)C1. The number of amides is 3. The first-order chi connectivity index (χ1) is 14.8. The van der Waals surface area contributed by atoms with Gasteiger partial charge in [0.05, 0.1) is 5.41 Å². The van der Waals surface area contributed by atoms with E-state index in [1.165, 1.54) is 0 Å². The Kier molecular flexibility index (Phi) is 7.10.